The Labute approximate surface area is 140 Å². The Hall–Kier alpha value is -1.95. The van der Waals surface area contributed by atoms with E-state index in [1.165, 1.54) is 6.07 Å². The molecule has 2 aromatic rings. The van der Waals surface area contributed by atoms with E-state index >= 15 is 0 Å². The highest BCUT2D eigenvalue weighted by Crippen LogP contribution is 2.13. The highest BCUT2D eigenvalue weighted by Gasteiger charge is 2.34. The third-order valence-corrected chi connectivity index (χ3v) is 3.80. The van der Waals surface area contributed by atoms with Crippen LogP contribution in [0.2, 0.25) is 0 Å². The maximum Gasteiger partial charge on any atom is 0.270 e. The van der Waals surface area contributed by atoms with Gasteiger partial charge in [0, 0.05) is 6.42 Å². The zero-order valence-corrected chi connectivity index (χ0v) is 12.9. The molecule has 0 aliphatic heterocycles. The minimum absolute atomic E-state index is 0.158. The average Bonchev–Trinajstić information content (AvgIpc) is 2.59. The Balaban J connectivity index is 2.18. The molecule has 1 heterocycles. The molecule has 0 bridgehead atoms. The second kappa shape index (κ2) is 7.95. The van der Waals surface area contributed by atoms with E-state index in [2.05, 4.69) is 9.97 Å². The number of aliphatic hydroxyl groups is 6. The topological polar surface area (TPSA) is 167 Å². The van der Waals surface area contributed by atoms with Gasteiger partial charge in [-0.05, 0) is 18.2 Å². The molecule has 0 fully saturated rings. The first-order valence-corrected chi connectivity index (χ1v) is 7.44. The van der Waals surface area contributed by atoms with Gasteiger partial charge in [0.15, 0.2) is 0 Å². The number of fused-ring (bicyclic) bond motifs is 1. The Morgan fingerprint density at radius 1 is 1.04 bits per heavy atom. The quantitative estimate of drug-likeness (QED) is 0.283. The summed E-state index contributed by atoms with van der Waals surface area (Å²) < 4.78 is 13.1. The highest BCUT2D eigenvalue weighted by atomic mass is 19.1. The fourth-order valence-corrected chi connectivity index (χ4v) is 2.32. The van der Waals surface area contributed by atoms with Crippen LogP contribution in [0.1, 0.15) is 5.69 Å². The van der Waals surface area contributed by atoms with Gasteiger partial charge in [-0.3, -0.25) is 4.79 Å². The normalized spacial score (nSPS) is 17.9. The van der Waals surface area contributed by atoms with Gasteiger partial charge < -0.3 is 35.6 Å². The zero-order valence-electron chi connectivity index (χ0n) is 12.9. The van der Waals surface area contributed by atoms with Gasteiger partial charge in [-0.25, -0.2) is 9.37 Å². The van der Waals surface area contributed by atoms with Crippen LogP contribution in [0.3, 0.4) is 0 Å². The van der Waals surface area contributed by atoms with E-state index in [0.29, 0.717) is 0 Å². The lowest BCUT2D eigenvalue weighted by Crippen LogP contribution is -2.50. The van der Waals surface area contributed by atoms with E-state index in [9.17, 15) is 34.7 Å². The lowest BCUT2D eigenvalue weighted by atomic mass is 9.97. The van der Waals surface area contributed by atoms with Crippen LogP contribution in [0.15, 0.2) is 23.0 Å². The molecular formula is C15H19FN2O7. The summed E-state index contributed by atoms with van der Waals surface area (Å²) in [5, 5.41) is 57.1. The molecule has 2 unspecified atom stereocenters. The molecule has 2 rings (SSSR count). The van der Waals surface area contributed by atoms with Crippen LogP contribution in [-0.2, 0) is 6.42 Å². The summed E-state index contributed by atoms with van der Waals surface area (Å²) in [6, 6.07) is 3.54. The third-order valence-electron chi connectivity index (χ3n) is 3.80. The summed E-state index contributed by atoms with van der Waals surface area (Å²) in [7, 11) is 0. The Kier molecular flexibility index (Phi) is 6.16. The van der Waals surface area contributed by atoms with Crippen molar-refractivity contribution in [1.29, 1.82) is 0 Å². The van der Waals surface area contributed by atoms with Crippen LogP contribution < -0.4 is 5.56 Å². The molecule has 0 aliphatic rings. The Morgan fingerprint density at radius 3 is 2.32 bits per heavy atom. The molecule has 0 saturated heterocycles. The third kappa shape index (κ3) is 4.37. The molecule has 0 aliphatic carbocycles. The minimum atomic E-state index is -1.97. The summed E-state index contributed by atoms with van der Waals surface area (Å²) in [5.41, 5.74) is -0.468. The lowest BCUT2D eigenvalue weighted by molar-refractivity contribution is -0.139. The maximum atomic E-state index is 13.1. The molecule has 0 radical (unpaired) electrons. The van der Waals surface area contributed by atoms with Crippen LogP contribution in [0.4, 0.5) is 4.39 Å². The number of H-pyrrole nitrogens is 1. The van der Waals surface area contributed by atoms with Crippen molar-refractivity contribution >= 4 is 11.0 Å². The molecule has 1 aromatic carbocycles. The Bertz CT molecular complexity index is 784. The maximum absolute atomic E-state index is 13.1. The zero-order chi connectivity index (χ0) is 18.7. The van der Waals surface area contributed by atoms with E-state index in [4.69, 9.17) is 5.11 Å². The van der Waals surface area contributed by atoms with E-state index in [1.54, 1.807) is 0 Å². The van der Waals surface area contributed by atoms with E-state index < -0.39 is 54.9 Å². The summed E-state index contributed by atoms with van der Waals surface area (Å²) in [5.74, 6) is -0.562. The van der Waals surface area contributed by atoms with Crippen molar-refractivity contribution in [3.63, 3.8) is 0 Å². The summed E-state index contributed by atoms with van der Waals surface area (Å²) in [4.78, 5) is 18.3. The van der Waals surface area contributed by atoms with Crippen LogP contribution in [0, 0.1) is 5.82 Å². The van der Waals surface area contributed by atoms with Crippen LogP contribution in [0.5, 0.6) is 0 Å². The number of aliphatic hydroxyl groups excluding tert-OH is 6. The van der Waals surface area contributed by atoms with E-state index in [-0.39, 0.29) is 16.7 Å². The highest BCUT2D eigenvalue weighted by molar-refractivity contribution is 5.73. The monoisotopic (exact) mass is 358 g/mol. The van der Waals surface area contributed by atoms with Crippen molar-refractivity contribution in [2.24, 2.45) is 0 Å². The average molecular weight is 358 g/mol. The summed E-state index contributed by atoms with van der Waals surface area (Å²) in [6.07, 6.45) is -9.66. The van der Waals surface area contributed by atoms with Gasteiger partial charge in [-0.2, -0.15) is 0 Å². The lowest BCUT2D eigenvalue weighted by Gasteiger charge is -2.28. The molecule has 25 heavy (non-hydrogen) atoms. The summed E-state index contributed by atoms with van der Waals surface area (Å²) in [6.45, 7) is -0.858. The van der Waals surface area contributed by atoms with Crippen molar-refractivity contribution in [2.45, 2.75) is 36.9 Å². The van der Waals surface area contributed by atoms with Crippen molar-refractivity contribution in [3.8, 4) is 0 Å². The first kappa shape index (κ1) is 19.4. The number of nitrogens with zero attached hydrogens (tertiary/aromatic N) is 1. The molecule has 7 N–H and O–H groups in total. The first-order chi connectivity index (χ1) is 11.7. The van der Waals surface area contributed by atoms with Gasteiger partial charge in [0.05, 0.1) is 23.7 Å². The van der Waals surface area contributed by atoms with Crippen molar-refractivity contribution in [2.75, 3.05) is 6.61 Å². The molecular weight excluding hydrogens is 339 g/mol. The molecule has 0 saturated carbocycles. The smallest absolute Gasteiger partial charge is 0.270 e. The number of benzene rings is 1. The minimum Gasteiger partial charge on any atom is -0.394 e. The molecule has 138 valence electrons. The molecule has 0 amide bonds. The summed E-state index contributed by atoms with van der Waals surface area (Å²) >= 11 is 0. The second-order valence-electron chi connectivity index (χ2n) is 5.67. The molecule has 1 aromatic heterocycles. The standard InChI is InChI=1S/C15H19FN2O7/c16-6-1-2-7-8(3-6)18-15(25)9(17-7)4-10(20)12(22)14(24)13(23)11(21)5-19/h1-3,10-14,19-24H,4-5H2,(H,18,25)/t10?,11-,12-,13-,14?/m1/s1. The number of halogens is 1. The van der Waals surface area contributed by atoms with Crippen LogP contribution >= 0.6 is 0 Å². The van der Waals surface area contributed by atoms with E-state index in [0.717, 1.165) is 12.1 Å². The Morgan fingerprint density at radius 2 is 1.68 bits per heavy atom. The van der Waals surface area contributed by atoms with Gasteiger partial charge in [-0.15, -0.1) is 0 Å². The van der Waals surface area contributed by atoms with Crippen LogP contribution in [-0.4, -0.2) is 77.7 Å². The van der Waals surface area contributed by atoms with Gasteiger partial charge >= 0.3 is 0 Å². The SMILES string of the molecule is O=c1[nH]c2cc(F)ccc2nc1CC(O)[C@@H](O)C(O)[C@H](O)[C@H](O)CO. The molecule has 9 nitrogen and oxygen atoms in total. The van der Waals surface area contributed by atoms with Gasteiger partial charge in [0.2, 0.25) is 0 Å². The number of rotatable bonds is 7. The van der Waals surface area contributed by atoms with Gasteiger partial charge in [0.1, 0.15) is 35.9 Å². The van der Waals surface area contributed by atoms with E-state index in [1.807, 2.05) is 0 Å². The first-order valence-electron chi connectivity index (χ1n) is 7.44. The fraction of sp³-hybridized carbons (Fsp3) is 0.467. The predicted molar refractivity (Wildman–Crippen MR) is 83.1 cm³/mol. The number of aromatic nitrogens is 2. The van der Waals surface area contributed by atoms with Gasteiger partial charge in [0.25, 0.3) is 5.56 Å². The number of nitrogens with one attached hydrogen (secondary N) is 1. The largest absolute Gasteiger partial charge is 0.394 e. The van der Waals surface area contributed by atoms with Crippen LogP contribution in [0.25, 0.3) is 11.0 Å². The molecule has 5 atom stereocenters. The predicted octanol–water partition coefficient (Wildman–Crippen LogP) is -2.60. The van der Waals surface area contributed by atoms with Crippen molar-refractivity contribution in [3.05, 3.63) is 40.1 Å². The van der Waals surface area contributed by atoms with Crippen molar-refractivity contribution in [1.82, 2.24) is 9.97 Å². The molecule has 0 spiro atoms. The second-order valence-corrected chi connectivity index (χ2v) is 5.67. The number of hydrogen-bond acceptors (Lipinski definition) is 8. The van der Waals surface area contributed by atoms with Crippen molar-refractivity contribution < 1.29 is 35.0 Å². The number of aromatic amines is 1. The number of hydrogen-bond donors (Lipinski definition) is 7. The fourth-order valence-electron chi connectivity index (χ4n) is 2.32. The van der Waals surface area contributed by atoms with Gasteiger partial charge in [-0.1, -0.05) is 0 Å². The molecule has 10 heteroatoms.